The van der Waals surface area contributed by atoms with Gasteiger partial charge in [-0.25, -0.2) is 0 Å². The number of rotatable bonds is 13. The lowest BCUT2D eigenvalue weighted by atomic mass is 9.96. The van der Waals surface area contributed by atoms with Crippen LogP contribution in [0.3, 0.4) is 0 Å². The third-order valence-corrected chi connectivity index (χ3v) is 11.3. The van der Waals surface area contributed by atoms with Gasteiger partial charge in [0.1, 0.15) is 128 Å². The summed E-state index contributed by atoms with van der Waals surface area (Å²) in [5, 5.41) is 178. The molecule has 0 aromatic rings. The molecular weight excluding hydrogens is 844 g/mol. The van der Waals surface area contributed by atoms with E-state index in [2.05, 4.69) is 0 Å². The first-order valence-corrected chi connectivity index (χ1v) is 19.4. The fraction of sp³-hybridized carbons (Fsp3) is 1.00. The second-order valence-corrected chi connectivity index (χ2v) is 15.4. The molecule has 0 aromatic carbocycles. The van der Waals surface area contributed by atoms with Gasteiger partial charge in [-0.05, 0) is 0 Å². The largest absolute Gasteiger partial charge is 0.394 e. The molecule has 0 aromatic heterocycles. The lowest BCUT2D eigenvalue weighted by Crippen LogP contribution is -2.66. The average molecular weight is 901 g/mol. The van der Waals surface area contributed by atoms with Crippen molar-refractivity contribution in [1.29, 1.82) is 0 Å². The quantitative estimate of drug-likeness (QED) is 0.0816. The Morgan fingerprint density at radius 1 is 0.328 bits per heavy atom. The van der Waals surface area contributed by atoms with Crippen LogP contribution in [0.4, 0.5) is 0 Å². The normalized spacial score (nSPS) is 53.8. The lowest BCUT2D eigenvalue weighted by Gasteiger charge is -2.48. The van der Waals surface area contributed by atoms with Crippen molar-refractivity contribution in [3.63, 3.8) is 0 Å². The van der Waals surface area contributed by atoms with E-state index in [1.807, 2.05) is 0 Å². The highest BCUT2D eigenvalue weighted by Gasteiger charge is 2.55. The number of hydrogen-bond donors (Lipinski definition) is 17. The fourth-order valence-corrected chi connectivity index (χ4v) is 7.64. The zero-order chi connectivity index (χ0) is 44.6. The van der Waals surface area contributed by atoms with Gasteiger partial charge in [-0.1, -0.05) is 0 Å². The third-order valence-electron chi connectivity index (χ3n) is 11.3. The van der Waals surface area contributed by atoms with E-state index in [0.717, 1.165) is 0 Å². The highest BCUT2D eigenvalue weighted by molar-refractivity contribution is 4.97. The molecule has 17 N–H and O–H groups in total. The van der Waals surface area contributed by atoms with Crippen molar-refractivity contribution in [3.05, 3.63) is 0 Å². The Morgan fingerprint density at radius 2 is 0.787 bits per heavy atom. The Bertz CT molecular complexity index is 1360. The fourth-order valence-electron chi connectivity index (χ4n) is 7.64. The van der Waals surface area contributed by atoms with Crippen molar-refractivity contribution in [2.24, 2.45) is 0 Å². The van der Waals surface area contributed by atoms with Crippen molar-refractivity contribution < 1.29 is 139 Å². The van der Waals surface area contributed by atoms with Crippen molar-refractivity contribution in [1.82, 2.24) is 0 Å². The Kier molecular flexibility index (Phi) is 17.0. The maximum Gasteiger partial charge on any atom is 0.187 e. The van der Waals surface area contributed by atoms with E-state index in [9.17, 15) is 86.8 Å². The van der Waals surface area contributed by atoms with E-state index >= 15 is 0 Å². The Hall–Kier alpha value is -1.12. The predicted molar refractivity (Wildman–Crippen MR) is 181 cm³/mol. The molecule has 0 aliphatic carbocycles. The molecule has 6 fully saturated rings. The van der Waals surface area contributed by atoms with Crippen molar-refractivity contribution in [2.75, 3.05) is 39.6 Å². The third kappa shape index (κ3) is 10.3. The van der Waals surface area contributed by atoms with Gasteiger partial charge in [0.15, 0.2) is 37.7 Å². The summed E-state index contributed by atoms with van der Waals surface area (Å²) in [7, 11) is 0. The highest BCUT2D eigenvalue weighted by Crippen LogP contribution is 2.34. The molecule has 0 spiro atoms. The summed E-state index contributed by atoms with van der Waals surface area (Å²) in [4.78, 5) is 0. The number of aliphatic hydroxyl groups excluding tert-OH is 17. The molecule has 0 saturated carbocycles. The summed E-state index contributed by atoms with van der Waals surface area (Å²) in [6, 6.07) is 0. The second-order valence-electron chi connectivity index (χ2n) is 15.4. The summed E-state index contributed by atoms with van der Waals surface area (Å²) in [6.45, 7) is -4.29. The van der Waals surface area contributed by atoms with Gasteiger partial charge < -0.3 is 139 Å². The second kappa shape index (κ2) is 21.0. The molecule has 0 radical (unpaired) electrons. The van der Waals surface area contributed by atoms with Crippen LogP contribution in [0.25, 0.3) is 0 Å². The highest BCUT2D eigenvalue weighted by atomic mass is 16.8. The van der Waals surface area contributed by atoms with E-state index in [4.69, 9.17) is 52.1 Å². The molecular formula is C33H56O28. The molecule has 0 bridgehead atoms. The van der Waals surface area contributed by atoms with Gasteiger partial charge >= 0.3 is 0 Å². The topological polar surface area (TPSA) is 445 Å². The summed E-state index contributed by atoms with van der Waals surface area (Å²) in [5.74, 6) is 0. The summed E-state index contributed by atoms with van der Waals surface area (Å²) >= 11 is 0. The first kappa shape index (κ1) is 49.3. The van der Waals surface area contributed by atoms with Gasteiger partial charge in [-0.15, -0.1) is 0 Å². The monoisotopic (exact) mass is 900 g/mol. The average Bonchev–Trinajstić information content (AvgIpc) is 3.24. The minimum absolute atomic E-state index is 0.483. The zero-order valence-electron chi connectivity index (χ0n) is 31.9. The Labute approximate surface area is 344 Å². The van der Waals surface area contributed by atoms with Gasteiger partial charge in [0.25, 0.3) is 0 Å². The van der Waals surface area contributed by atoms with Crippen LogP contribution < -0.4 is 0 Å². The van der Waals surface area contributed by atoms with Crippen LogP contribution in [0.15, 0.2) is 0 Å². The molecule has 61 heavy (non-hydrogen) atoms. The van der Waals surface area contributed by atoms with Crippen LogP contribution in [0.5, 0.6) is 0 Å². The maximum atomic E-state index is 11.2. The molecule has 356 valence electrons. The minimum atomic E-state index is -2.04. The maximum absolute atomic E-state index is 11.2. The molecule has 28 nitrogen and oxygen atoms in total. The number of ether oxygens (including phenoxy) is 11. The molecule has 28 heteroatoms. The molecule has 0 amide bonds. The van der Waals surface area contributed by atoms with Crippen LogP contribution in [-0.4, -0.2) is 292 Å². The molecule has 27 atom stereocenters. The summed E-state index contributed by atoms with van der Waals surface area (Å²) in [5.41, 5.74) is 0. The van der Waals surface area contributed by atoms with Crippen molar-refractivity contribution in [3.8, 4) is 0 Å². The molecule has 6 heterocycles. The van der Waals surface area contributed by atoms with Crippen molar-refractivity contribution in [2.45, 2.75) is 166 Å². The molecule has 6 rings (SSSR count). The Morgan fingerprint density at radius 3 is 1.41 bits per heavy atom. The van der Waals surface area contributed by atoms with E-state index in [0.29, 0.717) is 0 Å². The van der Waals surface area contributed by atoms with Crippen LogP contribution in [-0.2, 0) is 52.1 Å². The Balaban J connectivity index is 1.06. The zero-order valence-corrected chi connectivity index (χ0v) is 31.9. The first-order chi connectivity index (χ1) is 28.9. The SMILES string of the molecule is OCC1OC(OC2C(O)C(CO)OC(OC3C(O)COC(OC4COC(OC5C(CO)OC(O)C(OC6OCC(O)C(O)C6O)C5O)C(O)C4O)C3O)C2O)C(O)C(O)C1O. The van der Waals surface area contributed by atoms with Crippen LogP contribution in [0, 0.1) is 0 Å². The van der Waals surface area contributed by atoms with Crippen molar-refractivity contribution >= 4 is 0 Å². The standard InChI is InChI=1S/C33H56O28/c34-1-9-14(40)17(43)20(46)32(55-9)60-26-16(42)10(2-35)56-33(23(26)49)58-24-8(38)5-52-31(22(24)48)57-12-6-53-30(19(45)15(12)41)59-25-11(3-36)54-28(50)27(21(25)47)61-29-18(44)13(39)7(37)4-51-29/h7-50H,1-6H2. The lowest BCUT2D eigenvalue weighted by molar-refractivity contribution is -0.384. The molecule has 6 aliphatic rings. The number of aliphatic hydroxyl groups is 17. The van der Waals surface area contributed by atoms with E-state index in [-0.39, 0.29) is 0 Å². The molecule has 6 aliphatic heterocycles. The van der Waals surface area contributed by atoms with Crippen LogP contribution in [0.2, 0.25) is 0 Å². The first-order valence-electron chi connectivity index (χ1n) is 19.4. The smallest absolute Gasteiger partial charge is 0.187 e. The molecule has 6 saturated heterocycles. The summed E-state index contributed by atoms with van der Waals surface area (Å²) < 4.78 is 60.2. The van der Waals surface area contributed by atoms with E-state index in [1.165, 1.54) is 0 Å². The van der Waals surface area contributed by atoms with Crippen LogP contribution in [0.1, 0.15) is 0 Å². The van der Waals surface area contributed by atoms with Gasteiger partial charge in [-0.2, -0.15) is 0 Å². The van der Waals surface area contributed by atoms with Gasteiger partial charge in [0, 0.05) is 0 Å². The minimum Gasteiger partial charge on any atom is -0.394 e. The molecule has 27 unspecified atom stereocenters. The predicted octanol–water partition coefficient (Wildman–Crippen LogP) is -12.2. The van der Waals surface area contributed by atoms with Gasteiger partial charge in [0.2, 0.25) is 0 Å². The van der Waals surface area contributed by atoms with Gasteiger partial charge in [-0.3, -0.25) is 0 Å². The van der Waals surface area contributed by atoms with Crippen LogP contribution >= 0.6 is 0 Å². The van der Waals surface area contributed by atoms with E-state index in [1.54, 1.807) is 0 Å². The number of hydrogen-bond acceptors (Lipinski definition) is 28. The van der Waals surface area contributed by atoms with E-state index < -0.39 is 206 Å². The van der Waals surface area contributed by atoms with Gasteiger partial charge in [0.05, 0.1) is 39.6 Å². The summed E-state index contributed by atoms with van der Waals surface area (Å²) in [6.07, 6.45) is -47.9.